The number of phosphoric ester groups is 1. The topological polar surface area (TPSA) is 57.7 Å². The van der Waals surface area contributed by atoms with Crippen molar-refractivity contribution in [3.8, 4) is 0 Å². The second-order valence-corrected chi connectivity index (χ2v) is 16.1. The predicted molar refractivity (Wildman–Crippen MR) is 153 cm³/mol. The van der Waals surface area contributed by atoms with Gasteiger partial charge in [-0.1, -0.05) is 37.6 Å². The van der Waals surface area contributed by atoms with Gasteiger partial charge < -0.3 is 0 Å². The summed E-state index contributed by atoms with van der Waals surface area (Å²) in [4.78, 5) is 4.42. The molecule has 0 aromatic carbocycles. The van der Waals surface area contributed by atoms with Crippen LogP contribution in [-0.2, 0) is 18.1 Å². The highest BCUT2D eigenvalue weighted by Crippen LogP contribution is 2.67. The summed E-state index contributed by atoms with van der Waals surface area (Å²) in [5.74, 6) is 2.07. The van der Waals surface area contributed by atoms with Crippen LogP contribution >= 0.6 is 7.82 Å². The number of fused-ring (bicyclic) bond motifs is 5. The van der Waals surface area contributed by atoms with Crippen LogP contribution in [0.4, 0.5) is 0 Å². The fourth-order valence-electron chi connectivity index (χ4n) is 8.17. The normalized spacial score (nSPS) is 35.6. The summed E-state index contributed by atoms with van der Waals surface area (Å²) in [6, 6.07) is 4.29. The van der Waals surface area contributed by atoms with Crippen molar-refractivity contribution in [2.75, 3.05) is 0 Å². The number of rotatable bonds is 5. The van der Waals surface area contributed by atoms with E-state index in [0.29, 0.717) is 17.8 Å². The Bertz CT molecular complexity index is 1130. The number of aromatic nitrogens is 1. The molecule has 0 unspecified atom stereocenters. The highest BCUT2D eigenvalue weighted by molar-refractivity contribution is 7.48. The molecule has 1 aromatic rings. The van der Waals surface area contributed by atoms with Crippen LogP contribution in [-0.4, -0.2) is 22.3 Å². The van der Waals surface area contributed by atoms with Crippen LogP contribution in [0, 0.1) is 28.6 Å². The maximum Gasteiger partial charge on any atom is 0.476 e. The van der Waals surface area contributed by atoms with Crippen molar-refractivity contribution in [3.05, 3.63) is 47.8 Å². The minimum Gasteiger partial charge on any atom is -0.283 e. The van der Waals surface area contributed by atoms with Crippen LogP contribution in [0.2, 0.25) is 0 Å². The molecule has 6 heteroatoms. The van der Waals surface area contributed by atoms with Crippen LogP contribution in [0.5, 0.6) is 0 Å². The van der Waals surface area contributed by atoms with Crippen molar-refractivity contribution >= 4 is 13.4 Å². The molecule has 4 aliphatic rings. The lowest BCUT2D eigenvalue weighted by atomic mass is 9.47. The molecule has 4 aliphatic carbocycles. The van der Waals surface area contributed by atoms with Gasteiger partial charge in [-0.15, -0.1) is 0 Å². The van der Waals surface area contributed by atoms with Crippen molar-refractivity contribution in [3.63, 3.8) is 0 Å². The summed E-state index contributed by atoms with van der Waals surface area (Å²) in [5, 5.41) is 0. The monoisotopic (exact) mass is 541 g/mol. The first-order chi connectivity index (χ1) is 17.6. The van der Waals surface area contributed by atoms with Crippen LogP contribution in [0.3, 0.4) is 0 Å². The Kier molecular flexibility index (Phi) is 7.21. The molecular formula is C32H48NO4P. The van der Waals surface area contributed by atoms with Crippen molar-refractivity contribution in [1.29, 1.82) is 0 Å². The zero-order valence-electron chi connectivity index (χ0n) is 24.8. The molecule has 0 saturated heterocycles. The third-order valence-electron chi connectivity index (χ3n) is 9.66. The zero-order chi connectivity index (χ0) is 27.6. The summed E-state index contributed by atoms with van der Waals surface area (Å²) < 4.78 is 31.9. The molecule has 6 atom stereocenters. The van der Waals surface area contributed by atoms with E-state index in [9.17, 15) is 4.57 Å². The van der Waals surface area contributed by atoms with Gasteiger partial charge in [-0.25, -0.2) is 4.57 Å². The average Bonchev–Trinajstić information content (AvgIpc) is 3.14. The first-order valence-corrected chi connectivity index (χ1v) is 16.1. The highest BCUT2D eigenvalue weighted by Gasteiger charge is 2.57. The summed E-state index contributed by atoms with van der Waals surface area (Å²) in [5.41, 5.74) is 3.47. The van der Waals surface area contributed by atoms with Gasteiger partial charge in [0.1, 0.15) is 0 Å². The number of hydrogen-bond acceptors (Lipinski definition) is 5. The second kappa shape index (κ2) is 9.68. The number of nitrogens with zero attached hydrogens (tertiary/aromatic N) is 1. The predicted octanol–water partition coefficient (Wildman–Crippen LogP) is 9.16. The third kappa shape index (κ3) is 5.38. The quantitative estimate of drug-likeness (QED) is 0.275. The standard InChI is InChI=1S/C32H48NO4P/c1-29(2,3)36-38(34,37-30(4,5)6)35-24-15-17-31(7)23(20-24)11-12-25-27-14-13-26(22-10-9-19-33-21-22)32(27,8)18-16-28(25)31/h9-11,13,19,21,24-25,27-28H,12,14-18,20H2,1-8H3/t24-,25-,27-,28-,31-,32+/m0/s1. The third-order valence-corrected chi connectivity index (χ3v) is 11.8. The second-order valence-electron chi connectivity index (χ2n) is 14.6. The zero-order valence-corrected chi connectivity index (χ0v) is 25.6. The van der Waals surface area contributed by atoms with Gasteiger partial charge in [0.25, 0.3) is 0 Å². The molecule has 0 bridgehead atoms. The Morgan fingerprint density at radius 2 is 1.61 bits per heavy atom. The fourth-order valence-corrected chi connectivity index (χ4v) is 10.2. The lowest BCUT2D eigenvalue weighted by Gasteiger charge is -2.58. The van der Waals surface area contributed by atoms with Gasteiger partial charge in [-0.05, 0) is 132 Å². The van der Waals surface area contributed by atoms with Crippen LogP contribution in [0.15, 0.2) is 42.3 Å². The van der Waals surface area contributed by atoms with Gasteiger partial charge >= 0.3 is 7.82 Å². The molecular weight excluding hydrogens is 493 g/mol. The van der Waals surface area contributed by atoms with E-state index in [2.05, 4.69) is 43.1 Å². The van der Waals surface area contributed by atoms with E-state index < -0.39 is 19.0 Å². The molecule has 0 amide bonds. The van der Waals surface area contributed by atoms with Gasteiger partial charge in [0.15, 0.2) is 0 Å². The van der Waals surface area contributed by atoms with E-state index in [4.69, 9.17) is 13.6 Å². The van der Waals surface area contributed by atoms with Crippen molar-refractivity contribution in [1.82, 2.24) is 4.98 Å². The van der Waals surface area contributed by atoms with Gasteiger partial charge in [-0.2, -0.15) is 0 Å². The smallest absolute Gasteiger partial charge is 0.283 e. The molecule has 2 fully saturated rings. The lowest BCUT2D eigenvalue weighted by Crippen LogP contribution is -2.50. The summed E-state index contributed by atoms with van der Waals surface area (Å²) >= 11 is 0. The van der Waals surface area contributed by atoms with Crippen molar-refractivity contribution in [2.24, 2.45) is 28.6 Å². The molecule has 0 aliphatic heterocycles. The maximum atomic E-state index is 13.8. The SMILES string of the molecule is CC(C)(C)OP(=O)(O[C@H]1CC[C@@]2(C)C(=CC[C@@H]3[C@@H]2CC[C@]2(C)C(c4cccnc4)=CC[C@@H]32)C1)OC(C)(C)C. The van der Waals surface area contributed by atoms with E-state index in [-0.39, 0.29) is 16.9 Å². The molecule has 38 heavy (non-hydrogen) atoms. The first kappa shape index (κ1) is 28.3. The van der Waals surface area contributed by atoms with E-state index >= 15 is 0 Å². The molecule has 1 heterocycles. The molecule has 0 radical (unpaired) electrons. The number of phosphoric acid groups is 1. The largest absolute Gasteiger partial charge is 0.476 e. The molecule has 1 aromatic heterocycles. The number of hydrogen-bond donors (Lipinski definition) is 0. The fraction of sp³-hybridized carbons (Fsp3) is 0.719. The average molecular weight is 542 g/mol. The van der Waals surface area contributed by atoms with Crippen molar-refractivity contribution in [2.45, 2.75) is 118 Å². The first-order valence-electron chi connectivity index (χ1n) is 14.6. The van der Waals surface area contributed by atoms with E-state index in [1.165, 1.54) is 36.0 Å². The molecule has 210 valence electrons. The van der Waals surface area contributed by atoms with E-state index in [1.807, 2.05) is 53.9 Å². The molecule has 0 N–H and O–H groups in total. The summed E-state index contributed by atoms with van der Waals surface area (Å²) in [6.45, 7) is 16.4. The van der Waals surface area contributed by atoms with Gasteiger partial charge in [-0.3, -0.25) is 18.6 Å². The van der Waals surface area contributed by atoms with E-state index in [1.54, 1.807) is 0 Å². The Balaban J connectivity index is 1.33. The van der Waals surface area contributed by atoms with Crippen molar-refractivity contribution < 1.29 is 18.1 Å². The number of pyridine rings is 1. The van der Waals surface area contributed by atoms with Crippen LogP contribution < -0.4 is 0 Å². The molecule has 0 spiro atoms. The maximum absolute atomic E-state index is 13.8. The number of allylic oxidation sites excluding steroid dienone is 3. The highest BCUT2D eigenvalue weighted by atomic mass is 31.2. The summed E-state index contributed by atoms with van der Waals surface area (Å²) in [6.07, 6.45) is 16.3. The Morgan fingerprint density at radius 3 is 2.24 bits per heavy atom. The minimum absolute atomic E-state index is 0.152. The molecule has 5 nitrogen and oxygen atoms in total. The summed E-state index contributed by atoms with van der Waals surface area (Å²) in [7, 11) is -3.73. The van der Waals surface area contributed by atoms with E-state index in [0.717, 1.165) is 25.7 Å². The minimum atomic E-state index is -3.73. The Hall–Kier alpha value is -1.26. The van der Waals surface area contributed by atoms with Crippen LogP contribution in [0.25, 0.3) is 5.57 Å². The molecule has 2 saturated carbocycles. The van der Waals surface area contributed by atoms with Gasteiger partial charge in [0.05, 0.1) is 17.3 Å². The van der Waals surface area contributed by atoms with Gasteiger partial charge in [0, 0.05) is 12.4 Å². The molecule has 5 rings (SSSR count). The lowest BCUT2D eigenvalue weighted by molar-refractivity contribution is -0.0397. The Labute approximate surface area is 230 Å². The van der Waals surface area contributed by atoms with Crippen LogP contribution in [0.1, 0.15) is 106 Å². The Morgan fingerprint density at radius 1 is 0.921 bits per heavy atom. The van der Waals surface area contributed by atoms with Gasteiger partial charge in [0.2, 0.25) is 0 Å².